The zero-order valence-corrected chi connectivity index (χ0v) is 14.1. The smallest absolute Gasteiger partial charge is 0.335 e. The van der Waals surface area contributed by atoms with Gasteiger partial charge in [0.2, 0.25) is 5.95 Å². The van der Waals surface area contributed by atoms with E-state index in [0.29, 0.717) is 29.1 Å². The highest BCUT2D eigenvalue weighted by atomic mass is 35.5. The Morgan fingerprint density at radius 2 is 2.04 bits per heavy atom. The van der Waals surface area contributed by atoms with Crippen molar-refractivity contribution >= 4 is 30.1 Å². The molecule has 130 valence electrons. The first-order valence-corrected chi connectivity index (χ1v) is 7.18. The first-order valence-electron chi connectivity index (χ1n) is 7.18. The number of carboxylic acid groups (broad SMARTS) is 1. The Kier molecular flexibility index (Phi) is 5.18. The molecule has 2 aromatic heterocycles. The van der Waals surface area contributed by atoms with Gasteiger partial charge in [0, 0.05) is 0 Å². The fourth-order valence-corrected chi connectivity index (χ4v) is 2.37. The number of rotatable bonds is 4. The molecule has 0 bridgehead atoms. The highest BCUT2D eigenvalue weighted by molar-refractivity contribution is 5.88. The molecule has 0 saturated heterocycles. The molecular formula is C15H16ClN7O2. The molecular weight excluding hydrogens is 346 g/mol. The maximum Gasteiger partial charge on any atom is 0.335 e. The van der Waals surface area contributed by atoms with Crippen LogP contribution < -0.4 is 11.5 Å². The lowest BCUT2D eigenvalue weighted by molar-refractivity contribution is 0.0697. The summed E-state index contributed by atoms with van der Waals surface area (Å²) in [4.78, 5) is 19.2. The third-order valence-corrected chi connectivity index (χ3v) is 3.47. The summed E-state index contributed by atoms with van der Waals surface area (Å²) in [5.41, 5.74) is 14.1. The van der Waals surface area contributed by atoms with Gasteiger partial charge in [0.25, 0.3) is 0 Å². The van der Waals surface area contributed by atoms with Gasteiger partial charge in [-0.15, -0.1) is 17.5 Å². The van der Waals surface area contributed by atoms with Gasteiger partial charge in [-0.1, -0.05) is 18.2 Å². The summed E-state index contributed by atoms with van der Waals surface area (Å²) in [6.45, 7) is 1.92. The summed E-state index contributed by atoms with van der Waals surface area (Å²) >= 11 is 0. The molecule has 3 rings (SSSR count). The van der Waals surface area contributed by atoms with Crippen LogP contribution in [0.3, 0.4) is 0 Å². The molecule has 9 nitrogen and oxygen atoms in total. The summed E-state index contributed by atoms with van der Waals surface area (Å²) in [6, 6.07) is 6.38. The number of carboxylic acids is 1. The summed E-state index contributed by atoms with van der Waals surface area (Å²) in [5.74, 6) is -0.679. The Balaban J connectivity index is 0.00000225. The van der Waals surface area contributed by atoms with Gasteiger partial charge in [-0.2, -0.15) is 4.98 Å². The predicted molar refractivity (Wildman–Crippen MR) is 94.8 cm³/mol. The summed E-state index contributed by atoms with van der Waals surface area (Å²) in [6.07, 6.45) is 2.25. The van der Waals surface area contributed by atoms with E-state index in [-0.39, 0.29) is 29.7 Å². The van der Waals surface area contributed by atoms with Gasteiger partial charge in [-0.25, -0.2) is 14.5 Å². The number of benzene rings is 1. The summed E-state index contributed by atoms with van der Waals surface area (Å²) in [5, 5.41) is 17.2. The third-order valence-electron chi connectivity index (χ3n) is 3.47. The standard InChI is InChI=1S/C15H15N7O2.ClH/c1-2-10-12(13(16)19-15(17)18-10)11-7-22(21-20-11)9-5-3-4-8(6-9)14(23)24;/h3-7H,2H2,1H3,(H,23,24)(H4,16,17,18,19);1H. The molecule has 0 fully saturated rings. The third kappa shape index (κ3) is 3.50. The number of hydrogen-bond donors (Lipinski definition) is 3. The van der Waals surface area contributed by atoms with Crippen molar-refractivity contribution in [2.24, 2.45) is 0 Å². The largest absolute Gasteiger partial charge is 0.478 e. The second-order valence-corrected chi connectivity index (χ2v) is 5.05. The zero-order chi connectivity index (χ0) is 17.3. The van der Waals surface area contributed by atoms with E-state index in [0.717, 1.165) is 0 Å². The SMILES string of the molecule is CCc1nc(N)nc(N)c1-c1cn(-c2cccc(C(=O)O)c2)nn1.Cl. The molecule has 2 heterocycles. The second-order valence-electron chi connectivity index (χ2n) is 5.05. The number of anilines is 2. The topological polar surface area (TPSA) is 146 Å². The monoisotopic (exact) mass is 361 g/mol. The van der Waals surface area contributed by atoms with Gasteiger partial charge in [-0.3, -0.25) is 0 Å². The van der Waals surface area contributed by atoms with E-state index in [9.17, 15) is 4.79 Å². The Hall–Kier alpha value is -3.20. The van der Waals surface area contributed by atoms with Crippen LogP contribution in [0.1, 0.15) is 23.0 Å². The van der Waals surface area contributed by atoms with Gasteiger partial charge < -0.3 is 16.6 Å². The van der Waals surface area contributed by atoms with E-state index in [1.807, 2.05) is 6.92 Å². The number of nitrogens with two attached hydrogens (primary N) is 2. The molecule has 0 atom stereocenters. The van der Waals surface area contributed by atoms with Crippen LogP contribution in [-0.4, -0.2) is 36.0 Å². The minimum absolute atomic E-state index is 0. The van der Waals surface area contributed by atoms with Crippen molar-refractivity contribution in [2.75, 3.05) is 11.5 Å². The zero-order valence-electron chi connectivity index (χ0n) is 13.2. The van der Waals surface area contributed by atoms with Crippen molar-refractivity contribution < 1.29 is 9.90 Å². The molecule has 0 unspecified atom stereocenters. The normalized spacial score (nSPS) is 10.3. The Morgan fingerprint density at radius 3 is 2.72 bits per heavy atom. The molecule has 3 aromatic rings. The Labute approximate surface area is 149 Å². The minimum Gasteiger partial charge on any atom is -0.478 e. The average molecular weight is 362 g/mol. The molecule has 0 spiro atoms. The van der Waals surface area contributed by atoms with Crippen molar-refractivity contribution in [2.45, 2.75) is 13.3 Å². The van der Waals surface area contributed by atoms with Crippen LogP contribution in [0.25, 0.3) is 16.9 Å². The van der Waals surface area contributed by atoms with Crippen LogP contribution in [-0.2, 0) is 6.42 Å². The van der Waals surface area contributed by atoms with Crippen molar-refractivity contribution in [3.8, 4) is 16.9 Å². The summed E-state index contributed by atoms with van der Waals surface area (Å²) < 4.78 is 1.47. The van der Waals surface area contributed by atoms with Crippen LogP contribution in [0.2, 0.25) is 0 Å². The van der Waals surface area contributed by atoms with E-state index >= 15 is 0 Å². The highest BCUT2D eigenvalue weighted by Gasteiger charge is 2.16. The molecule has 0 radical (unpaired) electrons. The lowest BCUT2D eigenvalue weighted by Gasteiger charge is -2.07. The fraction of sp³-hybridized carbons (Fsp3) is 0.133. The molecule has 0 aliphatic carbocycles. The maximum absolute atomic E-state index is 11.1. The number of nitrogen functional groups attached to an aromatic ring is 2. The van der Waals surface area contributed by atoms with E-state index in [1.165, 1.54) is 16.8 Å². The Morgan fingerprint density at radius 1 is 1.28 bits per heavy atom. The second kappa shape index (κ2) is 7.14. The number of carbonyl (C=O) groups is 1. The number of aryl methyl sites for hydroxylation is 1. The molecule has 0 saturated carbocycles. The molecule has 0 aliphatic rings. The van der Waals surface area contributed by atoms with Gasteiger partial charge in [0.15, 0.2) is 0 Å². The predicted octanol–water partition coefficient (Wildman–Crippen LogP) is 1.57. The van der Waals surface area contributed by atoms with Gasteiger partial charge in [0.1, 0.15) is 11.5 Å². The molecule has 0 aliphatic heterocycles. The number of nitrogens with zero attached hydrogens (tertiary/aromatic N) is 5. The average Bonchev–Trinajstić information content (AvgIpc) is 3.03. The van der Waals surface area contributed by atoms with Crippen LogP contribution in [0, 0.1) is 0 Å². The van der Waals surface area contributed by atoms with Crippen LogP contribution >= 0.6 is 12.4 Å². The summed E-state index contributed by atoms with van der Waals surface area (Å²) in [7, 11) is 0. The van der Waals surface area contributed by atoms with Crippen molar-refractivity contribution in [3.05, 3.63) is 41.7 Å². The highest BCUT2D eigenvalue weighted by Crippen LogP contribution is 2.27. The van der Waals surface area contributed by atoms with Crippen LogP contribution in [0.4, 0.5) is 11.8 Å². The van der Waals surface area contributed by atoms with Gasteiger partial charge in [0.05, 0.1) is 28.7 Å². The maximum atomic E-state index is 11.1. The molecule has 1 aromatic carbocycles. The lowest BCUT2D eigenvalue weighted by atomic mass is 10.1. The molecule has 0 amide bonds. The van der Waals surface area contributed by atoms with E-state index in [1.54, 1.807) is 18.3 Å². The number of halogens is 1. The Bertz CT molecular complexity index is 926. The first-order chi connectivity index (χ1) is 11.5. The van der Waals surface area contributed by atoms with E-state index in [4.69, 9.17) is 16.6 Å². The van der Waals surface area contributed by atoms with Crippen molar-refractivity contribution in [1.29, 1.82) is 0 Å². The van der Waals surface area contributed by atoms with E-state index < -0.39 is 5.97 Å². The minimum atomic E-state index is -1.01. The van der Waals surface area contributed by atoms with Crippen molar-refractivity contribution in [1.82, 2.24) is 25.0 Å². The number of aromatic nitrogens is 5. The lowest BCUT2D eigenvalue weighted by Crippen LogP contribution is -2.06. The first kappa shape index (κ1) is 18.1. The number of aromatic carboxylic acids is 1. The molecule has 10 heteroatoms. The molecule has 5 N–H and O–H groups in total. The number of hydrogen-bond acceptors (Lipinski definition) is 7. The van der Waals surface area contributed by atoms with Crippen LogP contribution in [0.15, 0.2) is 30.5 Å². The van der Waals surface area contributed by atoms with Gasteiger partial charge >= 0.3 is 5.97 Å². The fourth-order valence-electron chi connectivity index (χ4n) is 2.37. The van der Waals surface area contributed by atoms with Crippen molar-refractivity contribution in [3.63, 3.8) is 0 Å². The van der Waals surface area contributed by atoms with E-state index in [2.05, 4.69) is 20.3 Å². The van der Waals surface area contributed by atoms with Crippen LogP contribution in [0.5, 0.6) is 0 Å². The quantitative estimate of drug-likeness (QED) is 0.634. The molecule has 25 heavy (non-hydrogen) atoms. The van der Waals surface area contributed by atoms with Gasteiger partial charge in [-0.05, 0) is 24.6 Å².